The van der Waals surface area contributed by atoms with Crippen molar-refractivity contribution in [1.29, 1.82) is 0 Å². The standard InChI is InChI=1S/C14H21ClN2O3S/c1-4-17(11(3)10-21(19,20)5-2)14(18)16-13-8-6-12(15)7-9-13/h6-9,11H,4-5,10H2,1-3H3,(H,16,18). The maximum Gasteiger partial charge on any atom is 0.322 e. The molecule has 0 saturated heterocycles. The van der Waals surface area contributed by atoms with Crippen molar-refractivity contribution >= 4 is 33.2 Å². The van der Waals surface area contributed by atoms with Crippen molar-refractivity contribution in [3.05, 3.63) is 29.3 Å². The van der Waals surface area contributed by atoms with Crippen molar-refractivity contribution in [1.82, 2.24) is 4.90 Å². The Morgan fingerprint density at radius 2 is 1.86 bits per heavy atom. The Morgan fingerprint density at radius 3 is 2.33 bits per heavy atom. The Balaban J connectivity index is 2.74. The zero-order valence-electron chi connectivity index (χ0n) is 12.5. The minimum atomic E-state index is -3.12. The van der Waals surface area contributed by atoms with E-state index in [1.807, 2.05) is 6.92 Å². The van der Waals surface area contributed by atoms with Crippen LogP contribution in [-0.2, 0) is 9.84 Å². The summed E-state index contributed by atoms with van der Waals surface area (Å²) in [5.41, 5.74) is 0.619. The van der Waals surface area contributed by atoms with E-state index >= 15 is 0 Å². The van der Waals surface area contributed by atoms with Gasteiger partial charge in [0, 0.05) is 29.0 Å². The normalized spacial score (nSPS) is 12.8. The first kappa shape index (κ1) is 17.8. The number of amides is 2. The van der Waals surface area contributed by atoms with Gasteiger partial charge in [-0.2, -0.15) is 0 Å². The van der Waals surface area contributed by atoms with Crippen molar-refractivity contribution in [3.8, 4) is 0 Å². The predicted octanol–water partition coefficient (Wildman–Crippen LogP) is 3.02. The summed E-state index contributed by atoms with van der Waals surface area (Å²) in [4.78, 5) is 13.7. The molecule has 0 aliphatic rings. The average molecular weight is 333 g/mol. The molecule has 0 heterocycles. The average Bonchev–Trinajstić information content (AvgIpc) is 2.41. The highest BCUT2D eigenvalue weighted by atomic mass is 35.5. The van der Waals surface area contributed by atoms with Crippen molar-refractivity contribution in [2.75, 3.05) is 23.4 Å². The maximum atomic E-state index is 12.2. The molecule has 1 aromatic carbocycles. The Morgan fingerprint density at radius 1 is 1.29 bits per heavy atom. The smallest absolute Gasteiger partial charge is 0.321 e. The number of benzene rings is 1. The van der Waals surface area contributed by atoms with Crippen LogP contribution in [-0.4, -0.2) is 43.4 Å². The van der Waals surface area contributed by atoms with E-state index in [9.17, 15) is 13.2 Å². The Kier molecular flexibility index (Phi) is 6.48. The third-order valence-electron chi connectivity index (χ3n) is 3.16. The van der Waals surface area contributed by atoms with Gasteiger partial charge in [-0.3, -0.25) is 0 Å². The number of rotatable bonds is 6. The molecular formula is C14H21ClN2O3S. The summed E-state index contributed by atoms with van der Waals surface area (Å²) in [6.45, 7) is 5.58. The summed E-state index contributed by atoms with van der Waals surface area (Å²) >= 11 is 5.79. The van der Waals surface area contributed by atoms with Gasteiger partial charge >= 0.3 is 6.03 Å². The molecule has 0 aliphatic carbocycles. The second-order valence-corrected chi connectivity index (χ2v) is 7.61. The summed E-state index contributed by atoms with van der Waals surface area (Å²) < 4.78 is 23.4. The van der Waals surface area contributed by atoms with Gasteiger partial charge in [0.15, 0.2) is 9.84 Å². The van der Waals surface area contributed by atoms with Gasteiger partial charge in [0.2, 0.25) is 0 Å². The fourth-order valence-corrected chi connectivity index (χ4v) is 3.24. The fourth-order valence-electron chi connectivity index (χ4n) is 1.96. The van der Waals surface area contributed by atoms with Gasteiger partial charge in [0.25, 0.3) is 0 Å². The van der Waals surface area contributed by atoms with Crippen LogP contribution >= 0.6 is 11.6 Å². The molecule has 2 amide bonds. The lowest BCUT2D eigenvalue weighted by atomic mass is 10.3. The summed E-state index contributed by atoms with van der Waals surface area (Å²) in [5, 5.41) is 3.32. The molecule has 118 valence electrons. The van der Waals surface area contributed by atoms with Crippen molar-refractivity contribution in [3.63, 3.8) is 0 Å². The van der Waals surface area contributed by atoms with Crippen LogP contribution in [0, 0.1) is 0 Å². The molecule has 0 radical (unpaired) electrons. The number of sulfone groups is 1. The molecule has 7 heteroatoms. The number of hydrogen-bond acceptors (Lipinski definition) is 3. The molecule has 5 nitrogen and oxygen atoms in total. The molecule has 1 rings (SSSR count). The van der Waals surface area contributed by atoms with Crippen LogP contribution in [0.4, 0.5) is 10.5 Å². The lowest BCUT2D eigenvalue weighted by Gasteiger charge is -2.28. The third-order valence-corrected chi connectivity index (χ3v) is 5.29. The number of carbonyl (C=O) groups excluding carboxylic acids is 1. The number of halogens is 1. The molecule has 0 aliphatic heterocycles. The second kappa shape index (κ2) is 7.66. The van der Waals surface area contributed by atoms with Crippen LogP contribution < -0.4 is 5.32 Å². The van der Waals surface area contributed by atoms with E-state index in [1.54, 1.807) is 38.1 Å². The van der Waals surface area contributed by atoms with E-state index in [4.69, 9.17) is 11.6 Å². The van der Waals surface area contributed by atoms with Crippen molar-refractivity contribution < 1.29 is 13.2 Å². The highest BCUT2D eigenvalue weighted by Gasteiger charge is 2.23. The van der Waals surface area contributed by atoms with E-state index in [0.29, 0.717) is 17.3 Å². The van der Waals surface area contributed by atoms with Gasteiger partial charge in [0.1, 0.15) is 0 Å². The second-order valence-electron chi connectivity index (χ2n) is 4.77. The van der Waals surface area contributed by atoms with Gasteiger partial charge in [-0.25, -0.2) is 13.2 Å². The summed E-state index contributed by atoms with van der Waals surface area (Å²) in [7, 11) is -3.12. The molecule has 0 aromatic heterocycles. The molecule has 0 bridgehead atoms. The molecule has 0 fully saturated rings. The number of nitrogens with zero attached hydrogens (tertiary/aromatic N) is 1. The summed E-state index contributed by atoms with van der Waals surface area (Å²) in [6.07, 6.45) is 0. The van der Waals surface area contributed by atoms with Crippen LogP contribution in [0.25, 0.3) is 0 Å². The largest absolute Gasteiger partial charge is 0.322 e. The zero-order valence-corrected chi connectivity index (χ0v) is 14.0. The number of nitrogens with one attached hydrogen (secondary N) is 1. The number of hydrogen-bond donors (Lipinski definition) is 1. The molecule has 1 atom stereocenters. The van der Waals surface area contributed by atoms with E-state index < -0.39 is 9.84 Å². The highest BCUT2D eigenvalue weighted by molar-refractivity contribution is 7.91. The first-order valence-electron chi connectivity index (χ1n) is 6.82. The first-order valence-corrected chi connectivity index (χ1v) is 9.02. The summed E-state index contributed by atoms with van der Waals surface area (Å²) in [6, 6.07) is 6.05. The van der Waals surface area contributed by atoms with Crippen molar-refractivity contribution in [2.45, 2.75) is 26.8 Å². The lowest BCUT2D eigenvalue weighted by Crippen LogP contribution is -2.44. The van der Waals surface area contributed by atoms with Gasteiger partial charge in [-0.05, 0) is 38.1 Å². The molecule has 0 saturated carbocycles. The Hall–Kier alpha value is -1.27. The minimum absolute atomic E-state index is 0.0363. The summed E-state index contributed by atoms with van der Waals surface area (Å²) in [5.74, 6) is 0.0407. The van der Waals surface area contributed by atoms with Crippen LogP contribution in [0.1, 0.15) is 20.8 Å². The quantitative estimate of drug-likeness (QED) is 0.870. The first-order chi connectivity index (χ1) is 9.79. The highest BCUT2D eigenvalue weighted by Crippen LogP contribution is 2.14. The predicted molar refractivity (Wildman–Crippen MR) is 86.6 cm³/mol. The van der Waals surface area contributed by atoms with Crippen LogP contribution in [0.2, 0.25) is 5.02 Å². The molecule has 0 spiro atoms. The van der Waals surface area contributed by atoms with E-state index in [1.165, 1.54) is 4.90 Å². The molecule has 1 N–H and O–H groups in total. The Bertz CT molecular complexity index is 572. The van der Waals surface area contributed by atoms with Crippen LogP contribution in [0.3, 0.4) is 0 Å². The van der Waals surface area contributed by atoms with Crippen LogP contribution in [0.5, 0.6) is 0 Å². The molecule has 1 unspecified atom stereocenters. The van der Waals surface area contributed by atoms with Gasteiger partial charge in [-0.1, -0.05) is 18.5 Å². The molecule has 21 heavy (non-hydrogen) atoms. The van der Waals surface area contributed by atoms with Gasteiger partial charge < -0.3 is 10.2 Å². The monoisotopic (exact) mass is 332 g/mol. The third kappa shape index (κ3) is 5.55. The number of carbonyl (C=O) groups is 1. The topological polar surface area (TPSA) is 66.5 Å². The van der Waals surface area contributed by atoms with E-state index in [0.717, 1.165) is 0 Å². The molecule has 1 aromatic rings. The maximum absolute atomic E-state index is 12.2. The van der Waals surface area contributed by atoms with E-state index in [-0.39, 0.29) is 23.6 Å². The molecular weight excluding hydrogens is 312 g/mol. The lowest BCUT2D eigenvalue weighted by molar-refractivity contribution is 0.201. The van der Waals surface area contributed by atoms with Gasteiger partial charge in [-0.15, -0.1) is 0 Å². The Labute approximate surface area is 131 Å². The number of anilines is 1. The SMILES string of the molecule is CCN(C(=O)Nc1ccc(Cl)cc1)C(C)CS(=O)(=O)CC. The zero-order chi connectivity index (χ0) is 16.0. The minimum Gasteiger partial charge on any atom is -0.321 e. The van der Waals surface area contributed by atoms with Gasteiger partial charge in [0.05, 0.1) is 5.75 Å². The number of urea groups is 1. The van der Waals surface area contributed by atoms with E-state index in [2.05, 4.69) is 5.32 Å². The van der Waals surface area contributed by atoms with Crippen molar-refractivity contribution in [2.24, 2.45) is 0 Å². The van der Waals surface area contributed by atoms with Crippen LogP contribution in [0.15, 0.2) is 24.3 Å². The fraction of sp³-hybridized carbons (Fsp3) is 0.500.